The highest BCUT2D eigenvalue weighted by Gasteiger charge is 2.34. The Morgan fingerprint density at radius 3 is 2.52 bits per heavy atom. The van der Waals surface area contributed by atoms with Gasteiger partial charge in [-0.05, 0) is 28.8 Å². The van der Waals surface area contributed by atoms with Crippen LogP contribution in [0.1, 0.15) is 22.6 Å². The smallest absolute Gasteiger partial charge is 0.243 e. The molecule has 0 saturated carbocycles. The van der Waals surface area contributed by atoms with Crippen molar-refractivity contribution in [2.45, 2.75) is 17.4 Å². The molecule has 4 rings (SSSR count). The normalized spacial score (nSPS) is 17.0. The first-order valence-corrected chi connectivity index (χ1v) is 10.7. The van der Waals surface area contributed by atoms with E-state index >= 15 is 0 Å². The van der Waals surface area contributed by atoms with Gasteiger partial charge in [0.15, 0.2) is 11.5 Å². The van der Waals surface area contributed by atoms with Crippen molar-refractivity contribution in [1.82, 2.24) is 14.1 Å². The van der Waals surface area contributed by atoms with Crippen LogP contribution in [-0.4, -0.2) is 43.3 Å². The summed E-state index contributed by atoms with van der Waals surface area (Å²) in [5, 5.41) is 4.27. The van der Waals surface area contributed by atoms with E-state index in [1.54, 1.807) is 23.0 Å². The fraction of sp³-hybridized carbons (Fsp3) is 0.286. The molecule has 0 N–H and O–H groups in total. The van der Waals surface area contributed by atoms with Gasteiger partial charge in [0.05, 0.1) is 25.3 Å². The summed E-state index contributed by atoms with van der Waals surface area (Å²) in [5.41, 5.74) is 3.13. The van der Waals surface area contributed by atoms with E-state index in [4.69, 9.17) is 9.47 Å². The summed E-state index contributed by atoms with van der Waals surface area (Å²) in [6, 6.07) is 12.6. The van der Waals surface area contributed by atoms with Crippen molar-refractivity contribution >= 4 is 10.0 Å². The van der Waals surface area contributed by atoms with Crippen LogP contribution in [0.2, 0.25) is 0 Å². The Balaban J connectivity index is 1.75. The maximum absolute atomic E-state index is 13.5. The Morgan fingerprint density at radius 2 is 1.83 bits per heavy atom. The Labute approximate surface area is 170 Å². The fourth-order valence-electron chi connectivity index (χ4n) is 3.79. The number of methoxy groups -OCH3 is 2. The zero-order valence-electron chi connectivity index (χ0n) is 16.6. The van der Waals surface area contributed by atoms with Crippen LogP contribution in [0.15, 0.2) is 59.8 Å². The number of hydrogen-bond donors (Lipinski definition) is 0. The minimum atomic E-state index is -3.73. The van der Waals surface area contributed by atoms with Crippen molar-refractivity contribution in [3.63, 3.8) is 0 Å². The third-order valence-corrected chi connectivity index (χ3v) is 7.09. The number of ether oxygens (including phenoxy) is 2. The predicted molar refractivity (Wildman–Crippen MR) is 109 cm³/mol. The molecule has 29 heavy (non-hydrogen) atoms. The third kappa shape index (κ3) is 3.49. The second-order valence-electron chi connectivity index (χ2n) is 7.01. The molecule has 2 heterocycles. The molecule has 1 unspecified atom stereocenters. The average Bonchev–Trinajstić information content (AvgIpc) is 3.18. The molecule has 0 bridgehead atoms. The molecule has 1 aliphatic rings. The first kappa shape index (κ1) is 19.5. The van der Waals surface area contributed by atoms with E-state index in [-0.39, 0.29) is 10.8 Å². The van der Waals surface area contributed by atoms with Crippen LogP contribution in [0.25, 0.3) is 0 Å². The summed E-state index contributed by atoms with van der Waals surface area (Å²) in [6.07, 6.45) is 3.74. The molecule has 2 aromatic carbocycles. The molecule has 0 fully saturated rings. The van der Waals surface area contributed by atoms with Gasteiger partial charge in [-0.2, -0.15) is 9.40 Å². The van der Waals surface area contributed by atoms with E-state index in [1.165, 1.54) is 24.6 Å². The summed E-state index contributed by atoms with van der Waals surface area (Å²) in [4.78, 5) is 0.180. The van der Waals surface area contributed by atoms with Crippen LogP contribution in [-0.2, 0) is 23.6 Å². The van der Waals surface area contributed by atoms with Gasteiger partial charge in [-0.1, -0.05) is 24.3 Å². The lowest BCUT2D eigenvalue weighted by molar-refractivity contribution is 0.352. The van der Waals surface area contributed by atoms with Crippen molar-refractivity contribution in [3.8, 4) is 11.5 Å². The molecular formula is C21H23N3O4S. The number of sulfonamides is 1. The van der Waals surface area contributed by atoms with Crippen molar-refractivity contribution in [1.29, 1.82) is 0 Å². The number of rotatable bonds is 5. The SMILES string of the molecule is COc1ccc(S(=O)(=O)N2Cc3ccccc3C(c3cnn(C)c3)C2)cc1OC. The highest BCUT2D eigenvalue weighted by molar-refractivity contribution is 7.89. The Morgan fingerprint density at radius 1 is 1.07 bits per heavy atom. The minimum absolute atomic E-state index is 0.0800. The van der Waals surface area contributed by atoms with Gasteiger partial charge in [0.25, 0.3) is 0 Å². The molecule has 7 nitrogen and oxygen atoms in total. The van der Waals surface area contributed by atoms with Gasteiger partial charge in [0, 0.05) is 38.3 Å². The van der Waals surface area contributed by atoms with E-state index in [1.807, 2.05) is 31.4 Å². The van der Waals surface area contributed by atoms with Crippen LogP contribution in [0.3, 0.4) is 0 Å². The van der Waals surface area contributed by atoms with E-state index in [2.05, 4.69) is 11.2 Å². The number of benzene rings is 2. The van der Waals surface area contributed by atoms with Crippen molar-refractivity contribution < 1.29 is 17.9 Å². The second kappa shape index (κ2) is 7.53. The number of nitrogens with zero attached hydrogens (tertiary/aromatic N) is 3. The molecular weight excluding hydrogens is 390 g/mol. The van der Waals surface area contributed by atoms with Crippen molar-refractivity contribution in [2.75, 3.05) is 20.8 Å². The van der Waals surface area contributed by atoms with Crippen LogP contribution < -0.4 is 9.47 Å². The number of hydrogen-bond acceptors (Lipinski definition) is 5. The molecule has 1 aromatic heterocycles. The molecule has 0 spiro atoms. The molecule has 0 radical (unpaired) electrons. The average molecular weight is 413 g/mol. The zero-order valence-corrected chi connectivity index (χ0v) is 17.4. The van der Waals surface area contributed by atoms with Gasteiger partial charge in [-0.3, -0.25) is 4.68 Å². The summed E-state index contributed by atoms with van der Waals surface area (Å²) in [7, 11) is 1.14. The Bertz CT molecular complexity index is 1140. The van der Waals surface area contributed by atoms with E-state index in [0.717, 1.165) is 16.7 Å². The highest BCUT2D eigenvalue weighted by Crippen LogP contribution is 2.37. The van der Waals surface area contributed by atoms with Gasteiger partial charge in [0.2, 0.25) is 10.0 Å². The summed E-state index contributed by atoms with van der Waals surface area (Å²) >= 11 is 0. The van der Waals surface area contributed by atoms with Gasteiger partial charge in [0.1, 0.15) is 0 Å². The van der Waals surface area contributed by atoms with Gasteiger partial charge >= 0.3 is 0 Å². The summed E-state index contributed by atoms with van der Waals surface area (Å²) in [6.45, 7) is 0.670. The second-order valence-corrected chi connectivity index (χ2v) is 8.95. The topological polar surface area (TPSA) is 73.7 Å². The highest BCUT2D eigenvalue weighted by atomic mass is 32.2. The minimum Gasteiger partial charge on any atom is -0.493 e. The summed E-state index contributed by atoms with van der Waals surface area (Å²) < 4.78 is 40.7. The number of fused-ring (bicyclic) bond motifs is 1. The Hall–Kier alpha value is -2.84. The van der Waals surface area contributed by atoms with E-state index in [0.29, 0.717) is 24.6 Å². The number of aromatic nitrogens is 2. The predicted octanol–water partition coefficient (Wildman–Crippen LogP) is 2.77. The molecule has 1 aliphatic heterocycles. The fourth-order valence-corrected chi connectivity index (χ4v) is 5.24. The monoisotopic (exact) mass is 413 g/mol. The molecule has 8 heteroatoms. The van der Waals surface area contributed by atoms with Crippen LogP contribution in [0.5, 0.6) is 11.5 Å². The van der Waals surface area contributed by atoms with Crippen LogP contribution >= 0.6 is 0 Å². The maximum Gasteiger partial charge on any atom is 0.243 e. The molecule has 3 aromatic rings. The third-order valence-electron chi connectivity index (χ3n) is 5.28. The zero-order chi connectivity index (χ0) is 20.6. The lowest BCUT2D eigenvalue weighted by Gasteiger charge is -2.33. The van der Waals surface area contributed by atoms with Gasteiger partial charge in [-0.15, -0.1) is 0 Å². The van der Waals surface area contributed by atoms with Gasteiger partial charge in [-0.25, -0.2) is 8.42 Å². The standard InChI is InChI=1S/C21H23N3O4S/c1-23-12-16(11-22-23)19-14-24(13-15-6-4-5-7-18(15)19)29(25,26)17-8-9-20(27-2)21(10-17)28-3/h4-12,19H,13-14H2,1-3H3. The molecule has 1 atom stereocenters. The van der Waals surface area contributed by atoms with Gasteiger partial charge < -0.3 is 9.47 Å². The van der Waals surface area contributed by atoms with E-state index in [9.17, 15) is 8.42 Å². The van der Waals surface area contributed by atoms with Crippen molar-refractivity contribution in [2.24, 2.45) is 7.05 Å². The first-order chi connectivity index (χ1) is 13.9. The van der Waals surface area contributed by atoms with Crippen LogP contribution in [0.4, 0.5) is 0 Å². The number of aryl methyl sites for hydroxylation is 1. The lowest BCUT2D eigenvalue weighted by Crippen LogP contribution is -2.38. The summed E-state index contributed by atoms with van der Waals surface area (Å²) in [5.74, 6) is 0.794. The molecule has 0 aliphatic carbocycles. The van der Waals surface area contributed by atoms with Crippen molar-refractivity contribution in [3.05, 3.63) is 71.5 Å². The molecule has 0 amide bonds. The largest absolute Gasteiger partial charge is 0.493 e. The Kier molecular flexibility index (Phi) is 5.06. The molecule has 152 valence electrons. The maximum atomic E-state index is 13.5. The lowest BCUT2D eigenvalue weighted by atomic mass is 9.87. The van der Waals surface area contributed by atoms with E-state index < -0.39 is 10.0 Å². The molecule has 0 saturated heterocycles. The quantitative estimate of drug-likeness (QED) is 0.643. The van der Waals surface area contributed by atoms with Crippen LogP contribution in [0, 0.1) is 0 Å². The first-order valence-electron chi connectivity index (χ1n) is 9.22.